The lowest BCUT2D eigenvalue weighted by molar-refractivity contribution is 0.248. The Hall–Kier alpha value is -0.940. The fourth-order valence-corrected chi connectivity index (χ4v) is 3.59. The second kappa shape index (κ2) is 7.01. The van der Waals surface area contributed by atoms with Crippen molar-refractivity contribution in [2.45, 2.75) is 37.5 Å². The van der Waals surface area contributed by atoms with Crippen LogP contribution in [0.4, 0.5) is 10.5 Å². The maximum absolute atomic E-state index is 11.9. The number of aromatic nitrogens is 1. The number of pyridine rings is 1. The molecule has 1 fully saturated rings. The molecule has 1 saturated carbocycles. The number of nitrogens with one attached hydrogen (secondary N) is 2. The van der Waals surface area contributed by atoms with E-state index >= 15 is 0 Å². The first-order chi connectivity index (χ1) is 9.19. The third-order valence-corrected chi connectivity index (χ3v) is 4.66. The summed E-state index contributed by atoms with van der Waals surface area (Å²) in [5, 5.41) is 6.71. The highest BCUT2D eigenvalue weighted by Crippen LogP contribution is 2.29. The van der Waals surface area contributed by atoms with Crippen LogP contribution in [-0.4, -0.2) is 28.1 Å². The minimum atomic E-state index is -0.206. The number of rotatable bonds is 4. The molecule has 2 N–H and O–H groups in total. The van der Waals surface area contributed by atoms with Gasteiger partial charge in [-0.05, 0) is 37.1 Å². The lowest BCUT2D eigenvalue weighted by atomic mass is 10.2. The van der Waals surface area contributed by atoms with Crippen molar-refractivity contribution < 1.29 is 4.79 Å². The Morgan fingerprint density at radius 2 is 2.42 bits per heavy atom. The summed E-state index contributed by atoms with van der Waals surface area (Å²) in [6.07, 6.45) is 4.87. The van der Waals surface area contributed by atoms with Crippen molar-refractivity contribution in [1.82, 2.24) is 10.3 Å². The van der Waals surface area contributed by atoms with E-state index in [0.29, 0.717) is 16.1 Å². The van der Waals surface area contributed by atoms with Gasteiger partial charge in [-0.1, -0.05) is 18.5 Å². The summed E-state index contributed by atoms with van der Waals surface area (Å²) in [6, 6.07) is 3.53. The van der Waals surface area contributed by atoms with Gasteiger partial charge in [-0.3, -0.25) is 0 Å². The fourth-order valence-electron chi connectivity index (χ4n) is 2.28. The molecule has 1 heterocycles. The molecule has 1 aromatic rings. The molecule has 0 aliphatic heterocycles. The molecule has 0 bridgehead atoms. The lowest BCUT2D eigenvalue weighted by Gasteiger charge is -2.14. The fraction of sp³-hybridized carbons (Fsp3) is 0.538. The van der Waals surface area contributed by atoms with Crippen LogP contribution in [-0.2, 0) is 0 Å². The van der Waals surface area contributed by atoms with Crippen molar-refractivity contribution in [2.24, 2.45) is 0 Å². The second-order valence-corrected chi connectivity index (χ2v) is 6.46. The summed E-state index contributed by atoms with van der Waals surface area (Å²) in [5.41, 5.74) is 0.541. The molecule has 1 aliphatic carbocycles. The van der Waals surface area contributed by atoms with Crippen LogP contribution in [0.3, 0.4) is 0 Å². The van der Waals surface area contributed by atoms with Crippen LogP contribution in [0.5, 0.6) is 0 Å². The van der Waals surface area contributed by atoms with Gasteiger partial charge in [0.2, 0.25) is 0 Å². The number of halogens is 1. The average Bonchev–Trinajstić information content (AvgIpc) is 2.80. The topological polar surface area (TPSA) is 54.0 Å². The molecule has 0 aromatic carbocycles. The third kappa shape index (κ3) is 4.28. The van der Waals surface area contributed by atoms with Crippen LogP contribution in [0.1, 0.15) is 26.2 Å². The molecular weight excluding hydrogens is 282 g/mol. The lowest BCUT2D eigenvalue weighted by Crippen LogP contribution is -2.36. The number of anilines is 1. The van der Waals surface area contributed by atoms with Gasteiger partial charge < -0.3 is 10.6 Å². The molecule has 4 nitrogen and oxygen atoms in total. The third-order valence-electron chi connectivity index (χ3n) is 3.13. The van der Waals surface area contributed by atoms with E-state index in [1.54, 1.807) is 18.3 Å². The van der Waals surface area contributed by atoms with Gasteiger partial charge in [0.15, 0.2) is 5.15 Å². The Morgan fingerprint density at radius 3 is 3.16 bits per heavy atom. The molecule has 19 heavy (non-hydrogen) atoms. The standard InChI is InChI=1S/C13H18ClN3OS/c1-2-19-10-6-5-9(8-10)16-13(18)17-11-4-3-7-15-12(11)14/h3-4,7,9-10H,2,5-6,8H2,1H3,(H2,16,17,18)/t9-,10+/m1/s1. The van der Waals surface area contributed by atoms with Gasteiger partial charge in [-0.15, -0.1) is 0 Å². The highest BCUT2D eigenvalue weighted by molar-refractivity contribution is 7.99. The minimum Gasteiger partial charge on any atom is -0.335 e. The number of urea groups is 1. The van der Waals surface area contributed by atoms with E-state index in [9.17, 15) is 4.79 Å². The van der Waals surface area contributed by atoms with E-state index < -0.39 is 0 Å². The number of hydrogen-bond donors (Lipinski definition) is 2. The van der Waals surface area contributed by atoms with Crippen molar-refractivity contribution in [1.29, 1.82) is 0 Å². The van der Waals surface area contributed by atoms with Crippen LogP contribution < -0.4 is 10.6 Å². The molecule has 1 aromatic heterocycles. The van der Waals surface area contributed by atoms with E-state index in [-0.39, 0.29) is 12.1 Å². The quantitative estimate of drug-likeness (QED) is 0.836. The maximum atomic E-state index is 11.9. The van der Waals surface area contributed by atoms with Crippen molar-refractivity contribution in [3.8, 4) is 0 Å². The van der Waals surface area contributed by atoms with E-state index in [1.807, 2.05) is 11.8 Å². The molecular formula is C13H18ClN3OS. The van der Waals surface area contributed by atoms with Crippen molar-refractivity contribution in [2.75, 3.05) is 11.1 Å². The van der Waals surface area contributed by atoms with Crippen LogP contribution in [0.25, 0.3) is 0 Å². The largest absolute Gasteiger partial charge is 0.335 e. The molecule has 104 valence electrons. The summed E-state index contributed by atoms with van der Waals surface area (Å²) in [6.45, 7) is 2.17. The van der Waals surface area contributed by atoms with Gasteiger partial charge in [-0.2, -0.15) is 11.8 Å². The Bertz CT molecular complexity index is 444. The summed E-state index contributed by atoms with van der Waals surface area (Å²) in [4.78, 5) is 15.8. The zero-order valence-corrected chi connectivity index (χ0v) is 12.4. The molecule has 2 amide bonds. The smallest absolute Gasteiger partial charge is 0.319 e. The molecule has 2 atom stereocenters. The van der Waals surface area contributed by atoms with Crippen molar-refractivity contribution in [3.05, 3.63) is 23.5 Å². The molecule has 0 spiro atoms. The Morgan fingerprint density at radius 1 is 1.58 bits per heavy atom. The Balaban J connectivity index is 1.81. The molecule has 0 unspecified atom stereocenters. The van der Waals surface area contributed by atoms with Crippen LogP contribution in [0.2, 0.25) is 5.15 Å². The highest BCUT2D eigenvalue weighted by Gasteiger charge is 2.25. The van der Waals surface area contributed by atoms with Gasteiger partial charge >= 0.3 is 6.03 Å². The number of thioether (sulfide) groups is 1. The SMILES string of the molecule is CCS[C@H]1CC[C@@H](NC(=O)Nc2cccnc2Cl)C1. The summed E-state index contributed by atoms with van der Waals surface area (Å²) >= 11 is 7.87. The second-order valence-electron chi connectivity index (χ2n) is 4.53. The Kier molecular flexibility index (Phi) is 5.34. The summed E-state index contributed by atoms with van der Waals surface area (Å²) in [7, 11) is 0. The first kappa shape index (κ1) is 14.5. The number of amides is 2. The number of carbonyl (C=O) groups is 1. The van der Waals surface area contributed by atoms with E-state index in [0.717, 1.165) is 18.6 Å². The van der Waals surface area contributed by atoms with Gasteiger partial charge in [-0.25, -0.2) is 9.78 Å². The predicted octanol–water partition coefficient (Wildman–Crippen LogP) is 3.53. The van der Waals surface area contributed by atoms with Gasteiger partial charge in [0.05, 0.1) is 5.69 Å². The molecule has 2 rings (SSSR count). The predicted molar refractivity (Wildman–Crippen MR) is 81.0 cm³/mol. The van der Waals surface area contributed by atoms with E-state index in [2.05, 4.69) is 22.5 Å². The minimum absolute atomic E-state index is 0.206. The van der Waals surface area contributed by atoms with Gasteiger partial charge in [0, 0.05) is 17.5 Å². The van der Waals surface area contributed by atoms with Gasteiger partial charge in [0.1, 0.15) is 0 Å². The molecule has 1 aliphatic rings. The normalized spacial score (nSPS) is 22.2. The van der Waals surface area contributed by atoms with Gasteiger partial charge in [0.25, 0.3) is 0 Å². The monoisotopic (exact) mass is 299 g/mol. The molecule has 6 heteroatoms. The first-order valence-electron chi connectivity index (χ1n) is 6.48. The highest BCUT2D eigenvalue weighted by atomic mass is 35.5. The van der Waals surface area contributed by atoms with Crippen molar-refractivity contribution >= 4 is 35.1 Å². The van der Waals surface area contributed by atoms with E-state index in [4.69, 9.17) is 11.6 Å². The number of hydrogen-bond acceptors (Lipinski definition) is 3. The molecule has 0 saturated heterocycles. The molecule has 0 radical (unpaired) electrons. The van der Waals surface area contributed by atoms with Crippen molar-refractivity contribution in [3.63, 3.8) is 0 Å². The zero-order chi connectivity index (χ0) is 13.7. The zero-order valence-electron chi connectivity index (χ0n) is 10.9. The van der Waals surface area contributed by atoms with Crippen LogP contribution in [0, 0.1) is 0 Å². The van der Waals surface area contributed by atoms with Crippen LogP contribution in [0.15, 0.2) is 18.3 Å². The average molecular weight is 300 g/mol. The van der Waals surface area contributed by atoms with E-state index in [1.165, 1.54) is 6.42 Å². The number of nitrogens with zero attached hydrogens (tertiary/aromatic N) is 1. The summed E-state index contributed by atoms with van der Waals surface area (Å²) in [5.74, 6) is 1.13. The maximum Gasteiger partial charge on any atom is 0.319 e. The first-order valence-corrected chi connectivity index (χ1v) is 7.91. The van der Waals surface area contributed by atoms with Crippen LogP contribution >= 0.6 is 23.4 Å². The summed E-state index contributed by atoms with van der Waals surface area (Å²) < 4.78 is 0. The Labute approximate surface area is 122 Å². The number of carbonyl (C=O) groups excluding carboxylic acids is 1.